The molecule has 2 atom stereocenters. The van der Waals surface area contributed by atoms with E-state index in [1.165, 1.54) is 18.6 Å². The van der Waals surface area contributed by atoms with Crippen molar-refractivity contribution in [2.75, 3.05) is 18.0 Å². The number of pyridine rings is 1. The molecule has 0 saturated carbocycles. The Morgan fingerprint density at radius 2 is 2.00 bits per heavy atom. The molecule has 0 aliphatic carbocycles. The standard InChI is InChI=1S/C13H17ClN2O2/c1-8-5-9(2)7-16(6-8)12-10(13(17)18)3-4-11(14)15-12/h3-4,8-9H,5-7H2,1-2H3,(H,17,18). The number of carbonyl (C=O) groups is 1. The maximum Gasteiger partial charge on any atom is 0.339 e. The molecule has 2 heterocycles. The second kappa shape index (κ2) is 5.14. The van der Waals surface area contributed by atoms with Crippen LogP contribution in [0.25, 0.3) is 0 Å². The summed E-state index contributed by atoms with van der Waals surface area (Å²) in [5.74, 6) is 0.612. The third kappa shape index (κ3) is 2.75. The highest BCUT2D eigenvalue weighted by Gasteiger charge is 2.26. The van der Waals surface area contributed by atoms with Gasteiger partial charge < -0.3 is 10.0 Å². The molecule has 2 unspecified atom stereocenters. The van der Waals surface area contributed by atoms with Gasteiger partial charge in [-0.15, -0.1) is 0 Å². The van der Waals surface area contributed by atoms with Gasteiger partial charge >= 0.3 is 5.97 Å². The second-order valence-corrected chi connectivity index (χ2v) is 5.55. The molecule has 1 aromatic rings. The molecule has 1 aliphatic rings. The number of hydrogen-bond donors (Lipinski definition) is 1. The van der Waals surface area contributed by atoms with E-state index < -0.39 is 5.97 Å². The van der Waals surface area contributed by atoms with E-state index in [4.69, 9.17) is 11.6 Å². The van der Waals surface area contributed by atoms with Crippen LogP contribution in [-0.4, -0.2) is 29.1 Å². The predicted octanol–water partition coefficient (Wildman–Crippen LogP) is 2.92. The second-order valence-electron chi connectivity index (χ2n) is 5.16. The minimum absolute atomic E-state index is 0.223. The Morgan fingerprint density at radius 1 is 1.39 bits per heavy atom. The summed E-state index contributed by atoms with van der Waals surface area (Å²) >= 11 is 5.88. The van der Waals surface area contributed by atoms with E-state index in [1.54, 1.807) is 0 Å². The number of carboxylic acids is 1. The number of nitrogens with zero attached hydrogens (tertiary/aromatic N) is 2. The van der Waals surface area contributed by atoms with E-state index in [9.17, 15) is 9.90 Å². The van der Waals surface area contributed by atoms with Crippen LogP contribution in [0.3, 0.4) is 0 Å². The Bertz CT molecular complexity index is 454. The van der Waals surface area contributed by atoms with Gasteiger partial charge in [-0.25, -0.2) is 9.78 Å². The summed E-state index contributed by atoms with van der Waals surface area (Å²) in [6.07, 6.45) is 1.17. The van der Waals surface area contributed by atoms with Crippen molar-refractivity contribution in [3.63, 3.8) is 0 Å². The molecule has 1 aliphatic heterocycles. The van der Waals surface area contributed by atoms with Crippen molar-refractivity contribution in [1.29, 1.82) is 0 Å². The van der Waals surface area contributed by atoms with Gasteiger partial charge in [0.25, 0.3) is 0 Å². The van der Waals surface area contributed by atoms with Crippen LogP contribution in [0.2, 0.25) is 5.15 Å². The lowest BCUT2D eigenvalue weighted by Crippen LogP contribution is -2.40. The zero-order chi connectivity index (χ0) is 13.3. The normalized spacial score (nSPS) is 24.1. The number of piperidine rings is 1. The van der Waals surface area contributed by atoms with Crippen molar-refractivity contribution in [2.45, 2.75) is 20.3 Å². The Balaban J connectivity index is 2.36. The minimum Gasteiger partial charge on any atom is -0.478 e. The summed E-state index contributed by atoms with van der Waals surface area (Å²) < 4.78 is 0. The lowest BCUT2D eigenvalue weighted by Gasteiger charge is -2.36. The summed E-state index contributed by atoms with van der Waals surface area (Å²) in [6, 6.07) is 3.04. The molecular formula is C13H17ClN2O2. The molecule has 0 radical (unpaired) electrons. The number of halogens is 1. The maximum atomic E-state index is 11.2. The van der Waals surface area contributed by atoms with Crippen molar-refractivity contribution >= 4 is 23.4 Å². The highest BCUT2D eigenvalue weighted by atomic mass is 35.5. The first-order valence-corrected chi connectivity index (χ1v) is 6.50. The monoisotopic (exact) mass is 268 g/mol. The average molecular weight is 269 g/mol. The van der Waals surface area contributed by atoms with Crippen LogP contribution >= 0.6 is 11.6 Å². The highest BCUT2D eigenvalue weighted by molar-refractivity contribution is 6.29. The zero-order valence-electron chi connectivity index (χ0n) is 10.6. The van der Waals surface area contributed by atoms with Crippen molar-refractivity contribution in [2.24, 2.45) is 11.8 Å². The molecule has 98 valence electrons. The van der Waals surface area contributed by atoms with E-state index in [1.807, 2.05) is 4.90 Å². The molecule has 5 heteroatoms. The van der Waals surface area contributed by atoms with Crippen molar-refractivity contribution < 1.29 is 9.90 Å². The number of aromatic nitrogens is 1. The van der Waals surface area contributed by atoms with E-state index in [0.717, 1.165) is 13.1 Å². The van der Waals surface area contributed by atoms with Crippen LogP contribution < -0.4 is 4.90 Å². The van der Waals surface area contributed by atoms with Crippen LogP contribution in [0.1, 0.15) is 30.6 Å². The van der Waals surface area contributed by atoms with E-state index in [2.05, 4.69) is 18.8 Å². The molecule has 0 bridgehead atoms. The molecule has 2 rings (SSSR count). The van der Waals surface area contributed by atoms with Crippen LogP contribution in [0.5, 0.6) is 0 Å². The molecule has 1 fully saturated rings. The topological polar surface area (TPSA) is 53.4 Å². The van der Waals surface area contributed by atoms with Crippen LogP contribution in [0.15, 0.2) is 12.1 Å². The molecule has 0 spiro atoms. The fourth-order valence-electron chi connectivity index (χ4n) is 2.67. The lowest BCUT2D eigenvalue weighted by atomic mass is 9.91. The summed E-state index contributed by atoms with van der Waals surface area (Å²) in [6.45, 7) is 6.01. The van der Waals surface area contributed by atoms with Crippen LogP contribution in [0.4, 0.5) is 5.82 Å². The Kier molecular flexibility index (Phi) is 3.76. The third-order valence-corrected chi connectivity index (χ3v) is 3.45. The summed E-state index contributed by atoms with van der Waals surface area (Å²) in [5, 5.41) is 9.54. The molecule has 1 saturated heterocycles. The van der Waals surface area contributed by atoms with Gasteiger partial charge in [0, 0.05) is 13.1 Å². The SMILES string of the molecule is CC1CC(C)CN(c2nc(Cl)ccc2C(=O)O)C1. The number of carboxylic acid groups (broad SMARTS) is 1. The first-order valence-electron chi connectivity index (χ1n) is 6.12. The van der Waals surface area contributed by atoms with E-state index in [-0.39, 0.29) is 5.56 Å². The number of hydrogen-bond acceptors (Lipinski definition) is 3. The van der Waals surface area contributed by atoms with Crippen LogP contribution in [-0.2, 0) is 0 Å². The molecule has 0 amide bonds. The van der Waals surface area contributed by atoms with Gasteiger partial charge in [-0.3, -0.25) is 0 Å². The van der Waals surface area contributed by atoms with Crippen molar-refractivity contribution in [3.8, 4) is 0 Å². The zero-order valence-corrected chi connectivity index (χ0v) is 11.3. The average Bonchev–Trinajstić information content (AvgIpc) is 2.27. The Morgan fingerprint density at radius 3 is 2.56 bits per heavy atom. The minimum atomic E-state index is -0.958. The van der Waals surface area contributed by atoms with Gasteiger partial charge in [-0.1, -0.05) is 25.4 Å². The molecular weight excluding hydrogens is 252 g/mol. The molecule has 1 N–H and O–H groups in total. The molecule has 18 heavy (non-hydrogen) atoms. The van der Waals surface area contributed by atoms with Gasteiger partial charge in [0.1, 0.15) is 16.5 Å². The largest absolute Gasteiger partial charge is 0.478 e. The summed E-state index contributed by atoms with van der Waals surface area (Å²) in [5.41, 5.74) is 0.223. The lowest BCUT2D eigenvalue weighted by molar-refractivity contribution is 0.0697. The van der Waals surface area contributed by atoms with Gasteiger partial charge in [-0.2, -0.15) is 0 Å². The first-order chi connectivity index (χ1) is 8.47. The summed E-state index contributed by atoms with van der Waals surface area (Å²) in [4.78, 5) is 17.5. The number of anilines is 1. The van der Waals surface area contributed by atoms with Gasteiger partial charge in [-0.05, 0) is 30.4 Å². The maximum absolute atomic E-state index is 11.2. The van der Waals surface area contributed by atoms with Gasteiger partial charge in [0.05, 0.1) is 0 Å². The number of rotatable bonds is 2. The van der Waals surface area contributed by atoms with E-state index >= 15 is 0 Å². The van der Waals surface area contributed by atoms with Crippen LogP contribution in [0, 0.1) is 11.8 Å². The molecule has 0 aromatic carbocycles. The number of aromatic carboxylic acids is 1. The highest BCUT2D eigenvalue weighted by Crippen LogP contribution is 2.28. The summed E-state index contributed by atoms with van der Waals surface area (Å²) in [7, 11) is 0. The molecule has 1 aromatic heterocycles. The predicted molar refractivity (Wildman–Crippen MR) is 71.4 cm³/mol. The van der Waals surface area contributed by atoms with Crippen molar-refractivity contribution in [1.82, 2.24) is 4.98 Å². The fraction of sp³-hybridized carbons (Fsp3) is 0.538. The van der Waals surface area contributed by atoms with Crippen molar-refractivity contribution in [3.05, 3.63) is 22.8 Å². The smallest absolute Gasteiger partial charge is 0.339 e. The Labute approximate surface area is 112 Å². The fourth-order valence-corrected chi connectivity index (χ4v) is 2.81. The van der Waals surface area contributed by atoms with Gasteiger partial charge in [0.15, 0.2) is 0 Å². The van der Waals surface area contributed by atoms with Gasteiger partial charge in [0.2, 0.25) is 0 Å². The quantitative estimate of drug-likeness (QED) is 0.838. The molecule has 4 nitrogen and oxygen atoms in total. The first kappa shape index (κ1) is 13.1. The Hall–Kier alpha value is -1.29. The third-order valence-electron chi connectivity index (χ3n) is 3.24. The van der Waals surface area contributed by atoms with E-state index in [0.29, 0.717) is 22.8 Å².